The van der Waals surface area contributed by atoms with E-state index in [0.717, 1.165) is 44.6 Å². The molecular formula is C31H44O2Si2. The van der Waals surface area contributed by atoms with Gasteiger partial charge in [-0.1, -0.05) is 79.4 Å². The minimum absolute atomic E-state index is 0.436. The molecule has 188 valence electrons. The van der Waals surface area contributed by atoms with Gasteiger partial charge in [0, 0.05) is 8.07 Å². The molecule has 0 fully saturated rings. The van der Waals surface area contributed by atoms with Crippen molar-refractivity contribution in [1.82, 2.24) is 0 Å². The standard InChI is InChI=1S/C18H22OSi.C13H22OSi/c1-12-6-5-7-17(15(12)4)20-9-8-16-10-13(2)18(19)14(3)11-16;1-10-8-12(6-7-15(3,4)5)9-11(2)13(10)14/h5-7,10-11,19H,8-9H2,1-4H3;8-9,14H,6-7H2,1-5H3. The third-order valence-electron chi connectivity index (χ3n) is 6.60. The van der Waals surface area contributed by atoms with Crippen molar-refractivity contribution in [3.63, 3.8) is 0 Å². The fraction of sp³-hybridized carbons (Fsp3) is 0.419. The van der Waals surface area contributed by atoms with Crippen molar-refractivity contribution in [1.29, 1.82) is 0 Å². The molecular weight excluding hydrogens is 461 g/mol. The molecule has 0 amide bonds. The average Bonchev–Trinajstić information content (AvgIpc) is 2.77. The van der Waals surface area contributed by atoms with Gasteiger partial charge in [0.25, 0.3) is 0 Å². The smallest absolute Gasteiger partial charge is 0.121 e. The maximum atomic E-state index is 9.80. The second-order valence-electron chi connectivity index (χ2n) is 11.1. The minimum atomic E-state index is -0.951. The fourth-order valence-electron chi connectivity index (χ4n) is 4.18. The second kappa shape index (κ2) is 12.6. The number of phenolic OH excluding ortho intramolecular Hbond substituents is 2. The number of aryl methyl sites for hydroxylation is 7. The molecule has 0 aromatic heterocycles. The zero-order valence-electron chi connectivity index (χ0n) is 23.3. The summed E-state index contributed by atoms with van der Waals surface area (Å²) in [5, 5.41) is 21.0. The van der Waals surface area contributed by atoms with E-state index in [9.17, 15) is 10.2 Å². The molecule has 0 aliphatic heterocycles. The topological polar surface area (TPSA) is 40.5 Å². The summed E-state index contributed by atoms with van der Waals surface area (Å²) in [6.45, 7) is 19.5. The van der Waals surface area contributed by atoms with Gasteiger partial charge in [-0.3, -0.25) is 0 Å². The normalized spacial score (nSPS) is 11.2. The van der Waals surface area contributed by atoms with Crippen LogP contribution in [0.15, 0.2) is 42.5 Å². The van der Waals surface area contributed by atoms with Crippen LogP contribution in [0, 0.1) is 41.5 Å². The van der Waals surface area contributed by atoms with E-state index in [-0.39, 0.29) is 0 Å². The lowest BCUT2D eigenvalue weighted by Gasteiger charge is -2.16. The van der Waals surface area contributed by atoms with Crippen LogP contribution in [0.25, 0.3) is 0 Å². The predicted molar refractivity (Wildman–Crippen MR) is 157 cm³/mol. The predicted octanol–water partition coefficient (Wildman–Crippen LogP) is 7.51. The summed E-state index contributed by atoms with van der Waals surface area (Å²) in [6, 6.07) is 17.5. The molecule has 0 heterocycles. The first-order valence-electron chi connectivity index (χ1n) is 12.7. The van der Waals surface area contributed by atoms with Crippen molar-refractivity contribution in [2.75, 3.05) is 0 Å². The van der Waals surface area contributed by atoms with Gasteiger partial charge in [0.1, 0.15) is 11.5 Å². The Morgan fingerprint density at radius 1 is 0.657 bits per heavy atom. The number of hydrogen-bond acceptors (Lipinski definition) is 2. The Hall–Kier alpha value is -2.31. The Labute approximate surface area is 217 Å². The number of aromatic hydroxyl groups is 2. The highest BCUT2D eigenvalue weighted by Crippen LogP contribution is 2.25. The first-order chi connectivity index (χ1) is 16.3. The average molecular weight is 505 g/mol. The van der Waals surface area contributed by atoms with Gasteiger partial charge in [0.2, 0.25) is 0 Å². The van der Waals surface area contributed by atoms with Gasteiger partial charge in [-0.2, -0.15) is 0 Å². The highest BCUT2D eigenvalue weighted by Gasteiger charge is 2.13. The van der Waals surface area contributed by atoms with E-state index in [1.54, 1.807) is 0 Å². The molecule has 0 spiro atoms. The molecule has 2 N–H and O–H groups in total. The van der Waals surface area contributed by atoms with Gasteiger partial charge in [-0.25, -0.2) is 0 Å². The van der Waals surface area contributed by atoms with Crippen molar-refractivity contribution in [3.8, 4) is 11.5 Å². The van der Waals surface area contributed by atoms with Crippen molar-refractivity contribution in [2.45, 2.75) is 86.1 Å². The lowest BCUT2D eigenvalue weighted by atomic mass is 10.0. The summed E-state index contributed by atoms with van der Waals surface area (Å²) in [7, 11) is -0.0973. The molecule has 0 aliphatic carbocycles. The molecule has 3 rings (SSSR count). The second-order valence-corrected chi connectivity index (χ2v) is 18.2. The van der Waals surface area contributed by atoms with Crippen molar-refractivity contribution in [2.24, 2.45) is 0 Å². The molecule has 2 radical (unpaired) electrons. The van der Waals surface area contributed by atoms with Crippen molar-refractivity contribution >= 4 is 22.8 Å². The van der Waals surface area contributed by atoms with Crippen LogP contribution < -0.4 is 5.19 Å². The Bertz CT molecular complexity index is 1100. The molecule has 3 aromatic carbocycles. The molecule has 0 aliphatic rings. The highest BCUT2D eigenvalue weighted by molar-refractivity contribution is 6.76. The fourth-order valence-corrected chi connectivity index (χ4v) is 6.58. The van der Waals surface area contributed by atoms with Crippen LogP contribution in [0.5, 0.6) is 11.5 Å². The van der Waals surface area contributed by atoms with Crippen LogP contribution in [0.4, 0.5) is 0 Å². The molecule has 0 unspecified atom stereocenters. The molecule has 4 heteroatoms. The van der Waals surface area contributed by atoms with Crippen LogP contribution in [0.3, 0.4) is 0 Å². The van der Waals surface area contributed by atoms with Gasteiger partial charge in [-0.15, -0.1) is 0 Å². The maximum Gasteiger partial charge on any atom is 0.121 e. The SMILES string of the molecule is Cc1cc(CC[Si](C)(C)C)cc(C)c1O.Cc1cccc([Si]CCc2cc(C)c(O)c(C)c2)c1C. The van der Waals surface area contributed by atoms with E-state index >= 15 is 0 Å². The van der Waals surface area contributed by atoms with Crippen molar-refractivity contribution in [3.05, 3.63) is 87.0 Å². The zero-order valence-corrected chi connectivity index (χ0v) is 25.3. The first kappa shape index (κ1) is 28.9. The Balaban J connectivity index is 0.000000258. The van der Waals surface area contributed by atoms with E-state index in [2.05, 4.69) is 76.0 Å². The largest absolute Gasteiger partial charge is 0.507 e. The molecule has 0 saturated heterocycles. The van der Waals surface area contributed by atoms with Crippen molar-refractivity contribution < 1.29 is 10.2 Å². The van der Waals surface area contributed by atoms with Gasteiger partial charge >= 0.3 is 0 Å². The monoisotopic (exact) mass is 504 g/mol. The van der Waals surface area contributed by atoms with Gasteiger partial charge in [0.15, 0.2) is 0 Å². The molecule has 35 heavy (non-hydrogen) atoms. The Morgan fingerprint density at radius 3 is 1.57 bits per heavy atom. The van der Waals surface area contributed by atoms with Crippen LogP contribution in [-0.4, -0.2) is 27.8 Å². The maximum absolute atomic E-state index is 9.80. The van der Waals surface area contributed by atoms with Crippen LogP contribution in [0.1, 0.15) is 44.5 Å². The summed E-state index contributed by atoms with van der Waals surface area (Å²) < 4.78 is 0. The molecule has 3 aromatic rings. The zero-order chi connectivity index (χ0) is 26.3. The molecule has 0 saturated carbocycles. The molecule has 0 bridgehead atoms. The third-order valence-corrected chi connectivity index (χ3v) is 9.77. The van der Waals surface area contributed by atoms with Crippen LogP contribution in [-0.2, 0) is 12.8 Å². The summed E-state index contributed by atoms with van der Waals surface area (Å²) in [4.78, 5) is 0. The highest BCUT2D eigenvalue weighted by atomic mass is 28.3. The summed E-state index contributed by atoms with van der Waals surface area (Å²) in [6.07, 6.45) is 2.23. The van der Waals surface area contributed by atoms with Crippen LogP contribution >= 0.6 is 0 Å². The van der Waals surface area contributed by atoms with E-state index < -0.39 is 8.07 Å². The van der Waals surface area contributed by atoms with Gasteiger partial charge in [-0.05, 0) is 98.9 Å². The van der Waals surface area contributed by atoms with E-state index in [1.807, 2.05) is 27.7 Å². The van der Waals surface area contributed by atoms with Gasteiger partial charge < -0.3 is 10.2 Å². The third kappa shape index (κ3) is 9.01. The lowest BCUT2D eigenvalue weighted by Crippen LogP contribution is -2.19. The minimum Gasteiger partial charge on any atom is -0.507 e. The summed E-state index contributed by atoms with van der Waals surface area (Å²) >= 11 is 0. The number of phenols is 2. The van der Waals surface area contributed by atoms with E-state index in [4.69, 9.17) is 0 Å². The number of benzene rings is 3. The van der Waals surface area contributed by atoms with Crippen LogP contribution in [0.2, 0.25) is 31.7 Å². The van der Waals surface area contributed by atoms with E-state index in [1.165, 1.54) is 39.5 Å². The van der Waals surface area contributed by atoms with E-state index in [0.29, 0.717) is 11.5 Å². The Kier molecular flexibility index (Phi) is 10.4. The van der Waals surface area contributed by atoms with Gasteiger partial charge in [0.05, 0.1) is 9.52 Å². The number of rotatable bonds is 7. The molecule has 0 atom stereocenters. The molecule has 2 nitrogen and oxygen atoms in total. The quantitative estimate of drug-likeness (QED) is 0.327. The first-order valence-corrected chi connectivity index (χ1v) is 17.6. The number of hydrogen-bond donors (Lipinski definition) is 2. The Morgan fingerprint density at radius 2 is 1.11 bits per heavy atom. The summed E-state index contributed by atoms with van der Waals surface area (Å²) in [5.74, 6) is 0.887. The summed E-state index contributed by atoms with van der Waals surface area (Å²) in [5.41, 5.74) is 9.47. The lowest BCUT2D eigenvalue weighted by molar-refractivity contribution is 0.466.